The SMILES string of the molecule is C[C@@H]1CCCCO[C@H](CN(C)C(=O)c2ccccc2)[C@H](C)CN([C@@H](C)CO)C(=O)c2cc(NC(=O)CCCN(C)C)ccc2O1. The molecule has 45 heavy (non-hydrogen) atoms. The topological polar surface area (TPSA) is 112 Å². The number of carbonyl (C=O) groups excluding carboxylic acids is 3. The van der Waals surface area contributed by atoms with Gasteiger partial charge < -0.3 is 34.6 Å². The lowest BCUT2D eigenvalue weighted by atomic mass is 10.0. The van der Waals surface area contributed by atoms with Crippen LogP contribution in [-0.2, 0) is 9.53 Å². The summed E-state index contributed by atoms with van der Waals surface area (Å²) in [4.78, 5) is 45.4. The zero-order valence-electron chi connectivity index (χ0n) is 27.8. The van der Waals surface area contributed by atoms with Crippen molar-refractivity contribution in [2.75, 3.05) is 59.3 Å². The zero-order valence-corrected chi connectivity index (χ0v) is 27.8. The van der Waals surface area contributed by atoms with Gasteiger partial charge in [-0.2, -0.15) is 0 Å². The van der Waals surface area contributed by atoms with Crippen LogP contribution >= 0.6 is 0 Å². The third-order valence-electron chi connectivity index (χ3n) is 8.17. The smallest absolute Gasteiger partial charge is 0.258 e. The summed E-state index contributed by atoms with van der Waals surface area (Å²) in [6.07, 6.45) is 3.06. The third-order valence-corrected chi connectivity index (χ3v) is 8.17. The predicted molar refractivity (Wildman–Crippen MR) is 177 cm³/mol. The number of benzene rings is 2. The molecule has 0 aliphatic carbocycles. The van der Waals surface area contributed by atoms with Gasteiger partial charge in [-0.05, 0) is 90.5 Å². The molecule has 0 bridgehead atoms. The Morgan fingerprint density at radius 1 is 1.09 bits per heavy atom. The summed E-state index contributed by atoms with van der Waals surface area (Å²) in [6.45, 7) is 7.51. The molecule has 1 aliphatic heterocycles. The van der Waals surface area contributed by atoms with Crippen molar-refractivity contribution in [3.63, 3.8) is 0 Å². The number of rotatable bonds is 10. The Balaban J connectivity index is 1.89. The maximum atomic E-state index is 14.3. The van der Waals surface area contributed by atoms with E-state index in [4.69, 9.17) is 9.47 Å². The summed E-state index contributed by atoms with van der Waals surface area (Å²) >= 11 is 0. The number of nitrogens with one attached hydrogen (secondary N) is 1. The number of anilines is 1. The molecule has 10 nitrogen and oxygen atoms in total. The van der Waals surface area contributed by atoms with E-state index >= 15 is 0 Å². The molecular formula is C35H52N4O6. The first-order valence-corrected chi connectivity index (χ1v) is 16.1. The molecule has 248 valence electrons. The second kappa shape index (κ2) is 17.9. The molecule has 3 amide bonds. The van der Waals surface area contributed by atoms with Crippen LogP contribution in [0.3, 0.4) is 0 Å². The Kier molecular flexibility index (Phi) is 14.3. The molecule has 0 saturated heterocycles. The molecule has 1 heterocycles. The number of hydrogen-bond acceptors (Lipinski definition) is 7. The highest BCUT2D eigenvalue weighted by atomic mass is 16.5. The summed E-state index contributed by atoms with van der Waals surface area (Å²) < 4.78 is 12.7. The number of aliphatic hydroxyl groups is 1. The van der Waals surface area contributed by atoms with E-state index in [0.29, 0.717) is 42.1 Å². The molecule has 1 aliphatic rings. The highest BCUT2D eigenvalue weighted by Gasteiger charge is 2.31. The number of fused-ring (bicyclic) bond motifs is 1. The van der Waals surface area contributed by atoms with E-state index < -0.39 is 6.04 Å². The van der Waals surface area contributed by atoms with E-state index in [2.05, 4.69) is 5.32 Å². The van der Waals surface area contributed by atoms with Crippen molar-refractivity contribution in [2.24, 2.45) is 5.92 Å². The van der Waals surface area contributed by atoms with Gasteiger partial charge in [-0.25, -0.2) is 0 Å². The summed E-state index contributed by atoms with van der Waals surface area (Å²) in [5.74, 6) is -0.251. The fourth-order valence-electron chi connectivity index (χ4n) is 5.40. The lowest BCUT2D eigenvalue weighted by Gasteiger charge is -2.36. The molecule has 0 aromatic heterocycles. The molecule has 0 unspecified atom stereocenters. The number of amides is 3. The van der Waals surface area contributed by atoms with E-state index in [1.807, 2.05) is 51.0 Å². The second-order valence-corrected chi connectivity index (χ2v) is 12.5. The van der Waals surface area contributed by atoms with E-state index in [-0.39, 0.29) is 49.0 Å². The second-order valence-electron chi connectivity index (χ2n) is 12.5. The van der Waals surface area contributed by atoms with Crippen molar-refractivity contribution in [1.29, 1.82) is 0 Å². The Hall–Kier alpha value is -3.47. The fraction of sp³-hybridized carbons (Fsp3) is 0.571. The molecular weight excluding hydrogens is 572 g/mol. The summed E-state index contributed by atoms with van der Waals surface area (Å²) in [6, 6.07) is 13.8. The molecule has 4 atom stereocenters. The van der Waals surface area contributed by atoms with Crippen molar-refractivity contribution >= 4 is 23.4 Å². The van der Waals surface area contributed by atoms with E-state index in [9.17, 15) is 19.5 Å². The quantitative estimate of drug-likeness (QED) is 0.400. The maximum Gasteiger partial charge on any atom is 0.258 e. The number of hydrogen-bond donors (Lipinski definition) is 2. The highest BCUT2D eigenvalue weighted by molar-refractivity contribution is 5.99. The lowest BCUT2D eigenvalue weighted by molar-refractivity contribution is -0.116. The fourth-order valence-corrected chi connectivity index (χ4v) is 5.40. The van der Waals surface area contributed by atoms with Crippen molar-refractivity contribution in [2.45, 2.75) is 71.1 Å². The van der Waals surface area contributed by atoms with Crippen molar-refractivity contribution < 1.29 is 29.0 Å². The van der Waals surface area contributed by atoms with Crippen LogP contribution in [0.25, 0.3) is 0 Å². The van der Waals surface area contributed by atoms with Gasteiger partial charge in [-0.15, -0.1) is 0 Å². The molecule has 0 fully saturated rings. The summed E-state index contributed by atoms with van der Waals surface area (Å²) in [5.41, 5.74) is 1.44. The summed E-state index contributed by atoms with van der Waals surface area (Å²) in [5, 5.41) is 13.1. The van der Waals surface area contributed by atoms with Crippen LogP contribution in [0.4, 0.5) is 5.69 Å². The first-order chi connectivity index (χ1) is 21.5. The van der Waals surface area contributed by atoms with Gasteiger partial charge in [0.2, 0.25) is 5.91 Å². The third kappa shape index (κ3) is 11.1. The van der Waals surface area contributed by atoms with Crippen molar-refractivity contribution in [3.05, 3.63) is 59.7 Å². The van der Waals surface area contributed by atoms with Gasteiger partial charge >= 0.3 is 0 Å². The van der Waals surface area contributed by atoms with Gasteiger partial charge in [-0.1, -0.05) is 25.1 Å². The number of likely N-dealkylation sites (N-methyl/N-ethyl adjacent to an activating group) is 1. The molecule has 2 aromatic carbocycles. The Morgan fingerprint density at radius 3 is 2.51 bits per heavy atom. The van der Waals surface area contributed by atoms with Gasteiger partial charge in [0.1, 0.15) is 5.75 Å². The minimum atomic E-state index is -0.494. The van der Waals surface area contributed by atoms with Crippen LogP contribution in [0.1, 0.15) is 73.6 Å². The van der Waals surface area contributed by atoms with Crippen LogP contribution < -0.4 is 10.1 Å². The molecule has 3 rings (SSSR count). The standard InChI is InChI=1S/C35H52N4O6/c1-25-22-39(26(2)24-40)35(43)30-21-29(36-33(41)16-12-19-37(4)5)17-18-31(30)45-27(3)13-10-11-20-44-32(25)23-38(6)34(42)28-14-8-7-9-15-28/h7-9,14-15,17-18,21,25-27,32,40H,10-13,16,19-20,22-24H2,1-6H3,(H,36,41)/t25-,26+,27-,32-/m1/s1. The first kappa shape index (κ1) is 36.0. The molecule has 0 radical (unpaired) electrons. The Morgan fingerprint density at radius 2 is 1.82 bits per heavy atom. The largest absolute Gasteiger partial charge is 0.490 e. The minimum absolute atomic E-state index is 0.0985. The van der Waals surface area contributed by atoms with Crippen LogP contribution in [0, 0.1) is 5.92 Å². The highest BCUT2D eigenvalue weighted by Crippen LogP contribution is 2.28. The zero-order chi connectivity index (χ0) is 32.9. The monoisotopic (exact) mass is 624 g/mol. The van der Waals surface area contributed by atoms with Gasteiger partial charge in [0.15, 0.2) is 0 Å². The van der Waals surface area contributed by atoms with Gasteiger partial charge in [0.25, 0.3) is 11.8 Å². The molecule has 0 spiro atoms. The number of carbonyl (C=O) groups is 3. The molecule has 2 N–H and O–H groups in total. The van der Waals surface area contributed by atoms with Crippen molar-refractivity contribution in [3.8, 4) is 5.75 Å². The van der Waals surface area contributed by atoms with E-state index in [0.717, 1.165) is 32.2 Å². The Labute approximate surface area is 268 Å². The van der Waals surface area contributed by atoms with Crippen LogP contribution in [-0.4, -0.2) is 110 Å². The molecule has 10 heteroatoms. The number of nitrogens with zero attached hydrogens (tertiary/aromatic N) is 3. The molecule has 0 saturated carbocycles. The predicted octanol–water partition coefficient (Wildman–Crippen LogP) is 4.53. The van der Waals surface area contributed by atoms with Crippen LogP contribution in [0.2, 0.25) is 0 Å². The number of aliphatic hydroxyl groups excluding tert-OH is 1. The Bertz CT molecular complexity index is 1240. The average Bonchev–Trinajstić information content (AvgIpc) is 3.02. The van der Waals surface area contributed by atoms with E-state index in [1.54, 1.807) is 54.1 Å². The average molecular weight is 625 g/mol. The van der Waals surface area contributed by atoms with Crippen LogP contribution in [0.15, 0.2) is 48.5 Å². The summed E-state index contributed by atoms with van der Waals surface area (Å²) in [7, 11) is 5.70. The maximum absolute atomic E-state index is 14.3. The van der Waals surface area contributed by atoms with Gasteiger partial charge in [-0.3, -0.25) is 14.4 Å². The van der Waals surface area contributed by atoms with Crippen LogP contribution in [0.5, 0.6) is 5.75 Å². The van der Waals surface area contributed by atoms with Gasteiger partial charge in [0, 0.05) is 50.3 Å². The first-order valence-electron chi connectivity index (χ1n) is 16.1. The van der Waals surface area contributed by atoms with Crippen molar-refractivity contribution in [1.82, 2.24) is 14.7 Å². The normalized spacial score (nSPS) is 20.5. The lowest BCUT2D eigenvalue weighted by Crippen LogP contribution is -2.48. The molecule has 2 aromatic rings. The minimum Gasteiger partial charge on any atom is -0.490 e. The van der Waals surface area contributed by atoms with E-state index in [1.165, 1.54) is 0 Å². The van der Waals surface area contributed by atoms with Gasteiger partial charge in [0.05, 0.1) is 30.4 Å². The number of ether oxygens (including phenoxy) is 2.